The van der Waals surface area contributed by atoms with Gasteiger partial charge in [0.05, 0.1) is 0 Å². The Hall–Kier alpha value is -0.750. The molecule has 1 heterocycles. The molecule has 0 radical (unpaired) electrons. The van der Waals surface area contributed by atoms with E-state index in [1.54, 1.807) is 7.05 Å². The molecule has 1 aromatic heterocycles. The van der Waals surface area contributed by atoms with E-state index in [1.807, 2.05) is 0 Å². The quantitative estimate of drug-likeness (QED) is 0.725. The number of nitrogens with zero attached hydrogens (tertiary/aromatic N) is 2. The van der Waals surface area contributed by atoms with Gasteiger partial charge in [-0.2, -0.15) is 0 Å². The number of rotatable bonds is 5. The van der Waals surface area contributed by atoms with Crippen molar-refractivity contribution in [2.45, 2.75) is 31.5 Å². The molecule has 0 saturated carbocycles. The summed E-state index contributed by atoms with van der Waals surface area (Å²) in [6.45, 7) is 4.26. The van der Waals surface area contributed by atoms with Gasteiger partial charge in [-0.15, -0.1) is 5.10 Å². The van der Waals surface area contributed by atoms with E-state index in [0.717, 1.165) is 12.2 Å². The lowest BCUT2D eigenvalue weighted by atomic mass is 10.0. The van der Waals surface area contributed by atoms with Gasteiger partial charge in [-0.1, -0.05) is 32.0 Å². The highest BCUT2D eigenvalue weighted by Gasteiger charge is 2.13. The molecule has 5 nitrogen and oxygen atoms in total. The Balaban J connectivity index is 2.50. The summed E-state index contributed by atoms with van der Waals surface area (Å²) in [7, 11) is 1.70. The molecule has 2 atom stereocenters. The second-order valence-corrected chi connectivity index (χ2v) is 4.72. The molecule has 0 aliphatic rings. The van der Waals surface area contributed by atoms with Crippen molar-refractivity contribution in [2.24, 2.45) is 18.7 Å². The lowest BCUT2D eigenvalue weighted by molar-refractivity contribution is 0.475. The largest absolute Gasteiger partial charge is 0.343 e. The smallest absolute Gasteiger partial charge is 0.327 e. The summed E-state index contributed by atoms with van der Waals surface area (Å²) in [5.41, 5.74) is 5.80. The first-order valence-electron chi connectivity index (χ1n) is 5.06. The molecule has 1 rings (SSSR count). The number of hydrogen-bond donors (Lipinski definition) is 2. The van der Waals surface area contributed by atoms with Gasteiger partial charge in [0.25, 0.3) is 0 Å². The summed E-state index contributed by atoms with van der Waals surface area (Å²) in [5, 5.41) is 7.00. The van der Waals surface area contributed by atoms with E-state index in [9.17, 15) is 4.79 Å². The fourth-order valence-electron chi connectivity index (χ4n) is 1.10. The summed E-state index contributed by atoms with van der Waals surface area (Å²) in [4.78, 5) is 11.1. The maximum atomic E-state index is 11.1. The molecule has 2 unspecified atom stereocenters. The van der Waals surface area contributed by atoms with Crippen molar-refractivity contribution in [2.75, 3.05) is 5.75 Å². The fourth-order valence-corrected chi connectivity index (χ4v) is 2.16. The highest BCUT2D eigenvalue weighted by molar-refractivity contribution is 7.99. The van der Waals surface area contributed by atoms with E-state index < -0.39 is 0 Å². The molecule has 0 amide bonds. The van der Waals surface area contributed by atoms with Crippen LogP contribution in [0.15, 0.2) is 9.95 Å². The van der Waals surface area contributed by atoms with Crippen LogP contribution < -0.4 is 11.4 Å². The minimum absolute atomic E-state index is 0.145. The van der Waals surface area contributed by atoms with Gasteiger partial charge < -0.3 is 5.73 Å². The SMILES string of the molecule is CCC(C)C(N)CSc1n[nH]c(=O)n1C. The van der Waals surface area contributed by atoms with Crippen LogP contribution in [0, 0.1) is 5.92 Å². The lowest BCUT2D eigenvalue weighted by Crippen LogP contribution is -2.30. The van der Waals surface area contributed by atoms with Crippen molar-refractivity contribution in [1.82, 2.24) is 14.8 Å². The topological polar surface area (TPSA) is 76.7 Å². The highest BCUT2D eigenvalue weighted by atomic mass is 32.2. The number of nitrogens with one attached hydrogen (secondary N) is 1. The number of aromatic nitrogens is 3. The third kappa shape index (κ3) is 3.10. The third-order valence-electron chi connectivity index (χ3n) is 2.62. The summed E-state index contributed by atoms with van der Waals surface area (Å²) < 4.78 is 1.49. The van der Waals surface area contributed by atoms with Crippen molar-refractivity contribution >= 4 is 11.8 Å². The number of H-pyrrole nitrogens is 1. The maximum absolute atomic E-state index is 11.1. The zero-order valence-electron chi connectivity index (χ0n) is 9.36. The van der Waals surface area contributed by atoms with Gasteiger partial charge in [-0.3, -0.25) is 4.57 Å². The van der Waals surface area contributed by atoms with Crippen molar-refractivity contribution in [3.8, 4) is 0 Å². The van der Waals surface area contributed by atoms with Gasteiger partial charge in [0.15, 0.2) is 5.16 Å². The van der Waals surface area contributed by atoms with Crippen LogP contribution in [0.5, 0.6) is 0 Å². The van der Waals surface area contributed by atoms with Crippen molar-refractivity contribution in [3.05, 3.63) is 10.5 Å². The Morgan fingerprint density at radius 2 is 2.33 bits per heavy atom. The first kappa shape index (κ1) is 12.3. The molecule has 3 N–H and O–H groups in total. The van der Waals surface area contributed by atoms with Crippen LogP contribution in [0.25, 0.3) is 0 Å². The number of aromatic amines is 1. The van der Waals surface area contributed by atoms with E-state index in [4.69, 9.17) is 5.73 Å². The Morgan fingerprint density at radius 1 is 1.67 bits per heavy atom. The molecule has 1 aromatic rings. The average Bonchev–Trinajstić information content (AvgIpc) is 2.55. The van der Waals surface area contributed by atoms with Gasteiger partial charge >= 0.3 is 5.69 Å². The normalized spacial score (nSPS) is 15.2. The number of thioether (sulfide) groups is 1. The number of nitrogens with two attached hydrogens (primary N) is 1. The van der Waals surface area contributed by atoms with Gasteiger partial charge in [-0.05, 0) is 5.92 Å². The zero-order chi connectivity index (χ0) is 11.4. The summed E-state index contributed by atoms with van der Waals surface area (Å²) in [6, 6.07) is 0.145. The standard InChI is InChI=1S/C9H18N4OS/c1-4-6(2)7(10)5-15-9-12-11-8(14)13(9)3/h6-7H,4-5,10H2,1-3H3,(H,11,14). The molecule has 0 saturated heterocycles. The Morgan fingerprint density at radius 3 is 2.80 bits per heavy atom. The van der Waals surface area contributed by atoms with Crippen LogP contribution in [0.4, 0.5) is 0 Å². The first-order chi connectivity index (χ1) is 7.06. The number of hydrogen-bond acceptors (Lipinski definition) is 4. The zero-order valence-corrected chi connectivity index (χ0v) is 10.2. The monoisotopic (exact) mass is 230 g/mol. The minimum Gasteiger partial charge on any atom is -0.327 e. The molecule has 15 heavy (non-hydrogen) atoms. The molecule has 0 aliphatic heterocycles. The van der Waals surface area contributed by atoms with E-state index >= 15 is 0 Å². The molecule has 0 spiro atoms. The predicted octanol–water partition coefficient (Wildman–Crippen LogP) is 0.574. The van der Waals surface area contributed by atoms with E-state index in [-0.39, 0.29) is 11.7 Å². The summed E-state index contributed by atoms with van der Waals surface area (Å²) in [5.74, 6) is 1.28. The molecule has 0 aliphatic carbocycles. The second-order valence-electron chi connectivity index (χ2n) is 3.73. The van der Waals surface area contributed by atoms with Crippen LogP contribution in [0.3, 0.4) is 0 Å². The van der Waals surface area contributed by atoms with E-state index in [2.05, 4.69) is 24.0 Å². The van der Waals surface area contributed by atoms with E-state index in [0.29, 0.717) is 11.1 Å². The Kier molecular flexibility index (Phi) is 4.41. The van der Waals surface area contributed by atoms with Crippen LogP contribution in [-0.2, 0) is 7.05 Å². The molecule has 6 heteroatoms. The van der Waals surface area contributed by atoms with E-state index in [1.165, 1.54) is 16.3 Å². The first-order valence-corrected chi connectivity index (χ1v) is 6.04. The van der Waals surface area contributed by atoms with Gasteiger partial charge in [-0.25, -0.2) is 9.89 Å². The van der Waals surface area contributed by atoms with Gasteiger partial charge in [0.1, 0.15) is 0 Å². The summed E-state index contributed by atoms with van der Waals surface area (Å²) >= 11 is 1.52. The second kappa shape index (κ2) is 5.37. The predicted molar refractivity (Wildman–Crippen MR) is 62.0 cm³/mol. The lowest BCUT2D eigenvalue weighted by Gasteiger charge is -2.16. The average molecular weight is 230 g/mol. The third-order valence-corrected chi connectivity index (χ3v) is 3.79. The van der Waals surface area contributed by atoms with Crippen molar-refractivity contribution in [1.29, 1.82) is 0 Å². The van der Waals surface area contributed by atoms with Gasteiger partial charge in [0.2, 0.25) is 0 Å². The van der Waals surface area contributed by atoms with Crippen molar-refractivity contribution in [3.63, 3.8) is 0 Å². The van der Waals surface area contributed by atoms with Crippen LogP contribution in [0.2, 0.25) is 0 Å². The summed E-state index contributed by atoms with van der Waals surface area (Å²) in [6.07, 6.45) is 1.07. The highest BCUT2D eigenvalue weighted by Crippen LogP contribution is 2.16. The molecule has 86 valence electrons. The molecule has 0 aromatic carbocycles. The molecule has 0 fully saturated rings. The minimum atomic E-state index is -0.186. The Bertz CT molecular complexity index is 359. The van der Waals surface area contributed by atoms with Gasteiger partial charge in [0, 0.05) is 18.8 Å². The van der Waals surface area contributed by atoms with Crippen molar-refractivity contribution < 1.29 is 0 Å². The molecular formula is C9H18N4OS. The van der Waals surface area contributed by atoms with Crippen LogP contribution >= 0.6 is 11.8 Å². The maximum Gasteiger partial charge on any atom is 0.343 e. The van der Waals surface area contributed by atoms with Crippen LogP contribution in [0.1, 0.15) is 20.3 Å². The molecule has 0 bridgehead atoms. The van der Waals surface area contributed by atoms with Crippen LogP contribution in [-0.4, -0.2) is 26.6 Å². The Labute approximate surface area is 93.4 Å². The molecular weight excluding hydrogens is 212 g/mol. The fraction of sp³-hybridized carbons (Fsp3) is 0.778.